The van der Waals surface area contributed by atoms with Crippen LogP contribution in [0, 0.1) is 0 Å². The van der Waals surface area contributed by atoms with Crippen LogP contribution >= 0.6 is 0 Å². The van der Waals surface area contributed by atoms with Crippen molar-refractivity contribution in [2.75, 3.05) is 31.1 Å². The van der Waals surface area contributed by atoms with Gasteiger partial charge in [0, 0.05) is 19.4 Å². The van der Waals surface area contributed by atoms with Gasteiger partial charge in [0.1, 0.15) is 5.60 Å². The van der Waals surface area contributed by atoms with Gasteiger partial charge < -0.3 is 15.4 Å². The molecule has 7 heteroatoms. The van der Waals surface area contributed by atoms with Gasteiger partial charge in [-0.15, -0.1) is 0 Å². The van der Waals surface area contributed by atoms with Gasteiger partial charge in [-0.3, -0.25) is 0 Å². The maximum absolute atomic E-state index is 11.6. The fourth-order valence-corrected chi connectivity index (χ4v) is 3.89. The first-order valence-corrected chi connectivity index (χ1v) is 7.67. The zero-order valence-electron chi connectivity index (χ0n) is 9.72. The zero-order chi connectivity index (χ0) is 12.5. The molecule has 2 N–H and O–H groups in total. The fraction of sp³-hybridized carbons (Fsp3) is 0.900. The maximum Gasteiger partial charge on any atom is 0.410 e. The first kappa shape index (κ1) is 12.6. The molecule has 0 aromatic heterocycles. The minimum absolute atomic E-state index is 0.116. The number of sulfone groups is 1. The van der Waals surface area contributed by atoms with Gasteiger partial charge in [0.2, 0.25) is 0 Å². The Balaban J connectivity index is 1.98. The van der Waals surface area contributed by atoms with Crippen molar-refractivity contribution in [3.05, 3.63) is 0 Å². The molecule has 2 fully saturated rings. The fourth-order valence-electron chi connectivity index (χ4n) is 2.32. The minimum Gasteiger partial charge on any atom is -0.441 e. The van der Waals surface area contributed by atoms with Crippen LogP contribution in [0.4, 0.5) is 4.79 Å². The third kappa shape index (κ3) is 2.71. The first-order valence-electron chi connectivity index (χ1n) is 5.85. The van der Waals surface area contributed by atoms with E-state index in [4.69, 9.17) is 10.5 Å². The van der Waals surface area contributed by atoms with E-state index in [2.05, 4.69) is 0 Å². The molecule has 0 aromatic rings. The van der Waals surface area contributed by atoms with Crippen LogP contribution < -0.4 is 5.73 Å². The Morgan fingerprint density at radius 1 is 1.35 bits per heavy atom. The Labute approximate surface area is 101 Å². The molecule has 2 saturated heterocycles. The predicted molar refractivity (Wildman–Crippen MR) is 62.3 cm³/mol. The summed E-state index contributed by atoms with van der Waals surface area (Å²) in [6.07, 6.45) is 1.24. The average molecular weight is 262 g/mol. The first-order chi connectivity index (χ1) is 7.96. The molecule has 6 nitrogen and oxygen atoms in total. The molecule has 17 heavy (non-hydrogen) atoms. The molecular formula is C10H18N2O4S. The molecule has 0 radical (unpaired) electrons. The summed E-state index contributed by atoms with van der Waals surface area (Å²) in [6.45, 7) is 1.62. The van der Waals surface area contributed by atoms with Crippen molar-refractivity contribution < 1.29 is 17.9 Å². The highest BCUT2D eigenvalue weighted by Crippen LogP contribution is 2.33. The van der Waals surface area contributed by atoms with Crippen molar-refractivity contribution in [2.24, 2.45) is 5.73 Å². The summed E-state index contributed by atoms with van der Waals surface area (Å²) < 4.78 is 28.1. The molecule has 0 bridgehead atoms. The van der Waals surface area contributed by atoms with E-state index < -0.39 is 15.4 Å². The highest BCUT2D eigenvalue weighted by Gasteiger charge is 2.48. The molecule has 98 valence electrons. The van der Waals surface area contributed by atoms with Crippen LogP contribution in [0.15, 0.2) is 0 Å². The lowest BCUT2D eigenvalue weighted by Gasteiger charge is -2.30. The van der Waals surface area contributed by atoms with Gasteiger partial charge in [-0.25, -0.2) is 13.2 Å². The molecular weight excluding hydrogens is 244 g/mol. The van der Waals surface area contributed by atoms with Crippen molar-refractivity contribution in [1.29, 1.82) is 0 Å². The lowest BCUT2D eigenvalue weighted by Crippen LogP contribution is -2.42. The average Bonchev–Trinajstić information content (AvgIpc) is 2.58. The number of rotatable bonds is 3. The Hall–Kier alpha value is -0.820. The summed E-state index contributed by atoms with van der Waals surface area (Å²) in [7, 11) is -2.93. The number of amides is 1. The molecule has 0 aromatic carbocycles. The SMILES string of the molecule is NCCCN1CC2(CCS(=O)(=O)CC2)OC1=O. The Morgan fingerprint density at radius 2 is 2.00 bits per heavy atom. The van der Waals surface area contributed by atoms with Gasteiger partial charge in [-0.2, -0.15) is 0 Å². The predicted octanol–water partition coefficient (Wildman–Crippen LogP) is -0.265. The number of ether oxygens (including phenoxy) is 1. The number of hydrogen-bond donors (Lipinski definition) is 1. The highest BCUT2D eigenvalue weighted by molar-refractivity contribution is 7.91. The summed E-state index contributed by atoms with van der Waals surface area (Å²) in [5.74, 6) is 0.232. The maximum atomic E-state index is 11.6. The Bertz CT molecular complexity index is 393. The van der Waals surface area contributed by atoms with E-state index in [9.17, 15) is 13.2 Å². The van der Waals surface area contributed by atoms with E-state index in [0.29, 0.717) is 32.5 Å². The molecule has 0 atom stereocenters. The highest BCUT2D eigenvalue weighted by atomic mass is 32.2. The summed E-state index contributed by atoms with van der Waals surface area (Å²) in [5, 5.41) is 0. The van der Waals surface area contributed by atoms with E-state index in [0.717, 1.165) is 6.42 Å². The standard InChI is InChI=1S/C10H18N2O4S/c11-4-1-5-12-8-10(16-9(12)13)2-6-17(14,15)7-3-10/h1-8,11H2. The molecule has 2 aliphatic rings. The van der Waals surface area contributed by atoms with Gasteiger partial charge in [0.25, 0.3) is 0 Å². The number of nitrogens with zero attached hydrogens (tertiary/aromatic N) is 1. The van der Waals surface area contributed by atoms with Crippen molar-refractivity contribution in [3.8, 4) is 0 Å². The van der Waals surface area contributed by atoms with Crippen LogP contribution in [0.3, 0.4) is 0 Å². The minimum atomic E-state index is -2.93. The molecule has 1 amide bonds. The molecule has 0 saturated carbocycles. The van der Waals surface area contributed by atoms with Crippen molar-refractivity contribution in [1.82, 2.24) is 4.90 Å². The summed E-state index contributed by atoms with van der Waals surface area (Å²) >= 11 is 0. The van der Waals surface area contributed by atoms with E-state index >= 15 is 0 Å². The lowest BCUT2D eigenvalue weighted by molar-refractivity contribution is 0.0487. The third-order valence-corrected chi connectivity index (χ3v) is 5.06. The van der Waals surface area contributed by atoms with Gasteiger partial charge in [-0.1, -0.05) is 0 Å². The summed E-state index contributed by atoms with van der Waals surface area (Å²) in [5.41, 5.74) is 4.83. The van der Waals surface area contributed by atoms with Crippen LogP contribution in [0.25, 0.3) is 0 Å². The second-order valence-corrected chi connectivity index (χ2v) is 7.07. The molecule has 1 spiro atoms. The second kappa shape index (κ2) is 4.45. The van der Waals surface area contributed by atoms with E-state index in [1.165, 1.54) is 0 Å². The van der Waals surface area contributed by atoms with Crippen LogP contribution in [0.1, 0.15) is 19.3 Å². The van der Waals surface area contributed by atoms with Crippen LogP contribution in [-0.4, -0.2) is 56.2 Å². The number of carbonyl (C=O) groups is 1. The van der Waals surface area contributed by atoms with Crippen LogP contribution in [-0.2, 0) is 14.6 Å². The van der Waals surface area contributed by atoms with E-state index in [1.807, 2.05) is 0 Å². The van der Waals surface area contributed by atoms with Crippen molar-refractivity contribution in [2.45, 2.75) is 24.9 Å². The monoisotopic (exact) mass is 262 g/mol. The van der Waals surface area contributed by atoms with Gasteiger partial charge >= 0.3 is 6.09 Å². The lowest BCUT2D eigenvalue weighted by atomic mass is 9.97. The largest absolute Gasteiger partial charge is 0.441 e. The van der Waals surface area contributed by atoms with Crippen LogP contribution in [0.2, 0.25) is 0 Å². The zero-order valence-corrected chi connectivity index (χ0v) is 10.5. The van der Waals surface area contributed by atoms with Gasteiger partial charge in [0.05, 0.1) is 18.1 Å². The normalized spacial score (nSPS) is 26.2. The Kier molecular flexibility index (Phi) is 3.31. The summed E-state index contributed by atoms with van der Waals surface area (Å²) in [6, 6.07) is 0. The smallest absolute Gasteiger partial charge is 0.410 e. The third-order valence-electron chi connectivity index (χ3n) is 3.41. The van der Waals surface area contributed by atoms with E-state index in [1.54, 1.807) is 4.90 Å². The molecule has 2 rings (SSSR count). The number of hydrogen-bond acceptors (Lipinski definition) is 5. The topological polar surface area (TPSA) is 89.7 Å². The van der Waals surface area contributed by atoms with Gasteiger partial charge in [-0.05, 0) is 13.0 Å². The summed E-state index contributed by atoms with van der Waals surface area (Å²) in [4.78, 5) is 13.3. The van der Waals surface area contributed by atoms with E-state index in [-0.39, 0.29) is 17.6 Å². The number of nitrogens with two attached hydrogens (primary N) is 1. The molecule has 2 heterocycles. The van der Waals surface area contributed by atoms with Gasteiger partial charge in [0.15, 0.2) is 9.84 Å². The Morgan fingerprint density at radius 3 is 2.59 bits per heavy atom. The molecule has 2 aliphatic heterocycles. The quantitative estimate of drug-likeness (QED) is 0.756. The molecule has 0 unspecified atom stereocenters. The van der Waals surface area contributed by atoms with Crippen molar-refractivity contribution in [3.63, 3.8) is 0 Å². The second-order valence-electron chi connectivity index (χ2n) is 4.77. The molecule has 0 aliphatic carbocycles. The van der Waals surface area contributed by atoms with Crippen molar-refractivity contribution >= 4 is 15.9 Å². The van der Waals surface area contributed by atoms with Crippen LogP contribution in [0.5, 0.6) is 0 Å². The number of carbonyl (C=O) groups excluding carboxylic acids is 1.